The summed E-state index contributed by atoms with van der Waals surface area (Å²) in [6, 6.07) is 6.19. The van der Waals surface area contributed by atoms with E-state index in [4.69, 9.17) is 4.74 Å². The molecule has 0 aliphatic carbocycles. The lowest BCUT2D eigenvalue weighted by molar-refractivity contribution is -0.255. The van der Waals surface area contributed by atoms with Crippen molar-refractivity contribution < 1.29 is 23.8 Å². The highest BCUT2D eigenvalue weighted by Crippen LogP contribution is 2.31. The van der Waals surface area contributed by atoms with Crippen LogP contribution in [0.25, 0.3) is 0 Å². The van der Waals surface area contributed by atoms with E-state index in [1.807, 2.05) is 0 Å². The van der Waals surface area contributed by atoms with E-state index in [0.717, 1.165) is 18.2 Å². The van der Waals surface area contributed by atoms with E-state index in [2.05, 4.69) is 47.8 Å². The number of carbonyl (C=O) groups is 2. The molecule has 114 valence electrons. The third-order valence-corrected chi connectivity index (χ3v) is 5.05. The van der Waals surface area contributed by atoms with Gasteiger partial charge in [0.2, 0.25) is 0 Å². The molecule has 0 spiro atoms. The lowest BCUT2D eigenvalue weighted by atomic mass is 10.2. The van der Waals surface area contributed by atoms with Crippen LogP contribution >= 0.6 is 47.8 Å². The summed E-state index contributed by atoms with van der Waals surface area (Å²) < 4.78 is 20.1. The average molecular weight is 496 g/mol. The molecule has 0 radical (unpaired) electrons. The maximum Gasteiger partial charge on any atom is 0.344 e. The highest BCUT2D eigenvalue weighted by Gasteiger charge is 2.17. The van der Waals surface area contributed by atoms with Crippen molar-refractivity contribution in [3.05, 3.63) is 60.7 Å². The van der Waals surface area contributed by atoms with Crippen LogP contribution in [0, 0.1) is 5.82 Å². The summed E-state index contributed by atoms with van der Waals surface area (Å²) in [6.07, 6.45) is 0. The highest BCUT2D eigenvalue weighted by molar-refractivity contribution is 9.13. The van der Waals surface area contributed by atoms with Gasteiger partial charge in [0.15, 0.2) is 0 Å². The second-order valence-electron chi connectivity index (χ2n) is 4.07. The first-order chi connectivity index (χ1) is 10.3. The predicted octanol–water partition coefficient (Wildman–Crippen LogP) is 3.70. The molecule has 0 heterocycles. The quantitative estimate of drug-likeness (QED) is 0.370. The number of aromatic carboxylic acids is 1. The molecule has 0 saturated carbocycles. The standard InChI is InChI=1S/C14H6Br3FO4/c15-6-3-9(12(17)10(16)4-6)14(21)22-7-1-2-11(18)8(5-7)13(19)20/h1-5H,(H,19,20)/p-1. The molecule has 2 rings (SSSR count). The van der Waals surface area contributed by atoms with Crippen LogP contribution in [0.15, 0.2) is 43.7 Å². The number of hydrogen-bond acceptors (Lipinski definition) is 4. The number of carboxylic acids is 1. The average Bonchev–Trinajstić information content (AvgIpc) is 2.44. The molecule has 0 fully saturated rings. The van der Waals surface area contributed by atoms with E-state index in [1.54, 1.807) is 6.07 Å². The molecule has 22 heavy (non-hydrogen) atoms. The van der Waals surface area contributed by atoms with E-state index in [1.165, 1.54) is 6.07 Å². The Bertz CT molecular complexity index is 777. The third kappa shape index (κ3) is 3.74. The Morgan fingerprint density at radius 2 is 1.73 bits per heavy atom. The number of benzene rings is 2. The zero-order valence-electron chi connectivity index (χ0n) is 10.5. The van der Waals surface area contributed by atoms with Gasteiger partial charge < -0.3 is 14.6 Å². The fraction of sp³-hybridized carbons (Fsp3) is 0. The van der Waals surface area contributed by atoms with Gasteiger partial charge in [-0.25, -0.2) is 9.18 Å². The van der Waals surface area contributed by atoms with Gasteiger partial charge in [-0.05, 0) is 62.2 Å². The fourth-order valence-electron chi connectivity index (χ4n) is 1.59. The smallest absolute Gasteiger partial charge is 0.344 e. The van der Waals surface area contributed by atoms with Gasteiger partial charge in [0.1, 0.15) is 11.6 Å². The molecule has 0 aliphatic heterocycles. The molecule has 2 aromatic rings. The van der Waals surface area contributed by atoms with Gasteiger partial charge in [-0.3, -0.25) is 0 Å². The van der Waals surface area contributed by atoms with E-state index in [0.29, 0.717) is 13.4 Å². The summed E-state index contributed by atoms with van der Waals surface area (Å²) >= 11 is 9.76. The maximum absolute atomic E-state index is 13.3. The summed E-state index contributed by atoms with van der Waals surface area (Å²) in [7, 11) is 0. The van der Waals surface area contributed by atoms with Gasteiger partial charge >= 0.3 is 5.97 Å². The van der Waals surface area contributed by atoms with E-state index < -0.39 is 23.3 Å². The minimum atomic E-state index is -1.69. The number of carboxylic acid groups (broad SMARTS) is 1. The molecule has 4 nitrogen and oxygen atoms in total. The van der Waals surface area contributed by atoms with Crippen molar-refractivity contribution in [2.45, 2.75) is 0 Å². The van der Waals surface area contributed by atoms with Crippen molar-refractivity contribution in [2.75, 3.05) is 0 Å². The molecule has 0 atom stereocenters. The van der Waals surface area contributed by atoms with Gasteiger partial charge in [-0.1, -0.05) is 15.9 Å². The van der Waals surface area contributed by atoms with Crippen molar-refractivity contribution in [3.8, 4) is 5.75 Å². The maximum atomic E-state index is 13.3. The van der Waals surface area contributed by atoms with E-state index in [-0.39, 0.29) is 11.3 Å². The molecule has 8 heteroatoms. The van der Waals surface area contributed by atoms with Crippen molar-refractivity contribution in [2.24, 2.45) is 0 Å². The number of ether oxygens (including phenoxy) is 1. The lowest BCUT2D eigenvalue weighted by Gasteiger charge is -2.10. The van der Waals surface area contributed by atoms with Crippen molar-refractivity contribution >= 4 is 59.7 Å². The summed E-state index contributed by atoms with van der Waals surface area (Å²) in [5, 5.41) is 10.8. The number of hydrogen-bond donors (Lipinski definition) is 0. The Hall–Kier alpha value is -1.25. The van der Waals surface area contributed by atoms with Crippen LogP contribution in [0.2, 0.25) is 0 Å². The molecule has 0 aliphatic rings. The largest absolute Gasteiger partial charge is 0.545 e. The molecular weight excluding hydrogens is 491 g/mol. The van der Waals surface area contributed by atoms with Crippen molar-refractivity contribution in [3.63, 3.8) is 0 Å². The zero-order valence-corrected chi connectivity index (χ0v) is 15.3. The Morgan fingerprint density at radius 3 is 2.36 bits per heavy atom. The summed E-state index contributed by atoms with van der Waals surface area (Å²) in [4.78, 5) is 22.9. The number of rotatable bonds is 3. The second kappa shape index (κ2) is 6.89. The van der Waals surface area contributed by atoms with Gasteiger partial charge in [0, 0.05) is 19.0 Å². The first-order valence-corrected chi connectivity index (χ1v) is 8.05. The number of halogens is 4. The Kier molecular flexibility index (Phi) is 5.36. The van der Waals surface area contributed by atoms with Crippen molar-refractivity contribution in [1.82, 2.24) is 0 Å². The van der Waals surface area contributed by atoms with Crippen LogP contribution in [0.4, 0.5) is 4.39 Å². The topological polar surface area (TPSA) is 66.4 Å². The summed E-state index contributed by atoms with van der Waals surface area (Å²) in [6.45, 7) is 0. The van der Waals surface area contributed by atoms with Crippen LogP contribution in [0.1, 0.15) is 20.7 Å². The fourth-order valence-corrected chi connectivity index (χ4v) is 3.21. The first kappa shape index (κ1) is 17.1. The van der Waals surface area contributed by atoms with Crippen LogP contribution < -0.4 is 9.84 Å². The summed E-state index contributed by atoms with van der Waals surface area (Å²) in [5.41, 5.74) is -0.472. The Labute approximate surface area is 149 Å². The van der Waals surface area contributed by atoms with Crippen molar-refractivity contribution in [1.29, 1.82) is 0 Å². The molecule has 0 unspecified atom stereocenters. The molecule has 0 amide bonds. The lowest BCUT2D eigenvalue weighted by Crippen LogP contribution is -2.23. The minimum absolute atomic E-state index is 0.103. The Morgan fingerprint density at radius 1 is 1.05 bits per heavy atom. The Balaban J connectivity index is 2.34. The predicted molar refractivity (Wildman–Crippen MR) is 85.2 cm³/mol. The normalized spacial score (nSPS) is 10.4. The molecule has 2 aromatic carbocycles. The monoisotopic (exact) mass is 493 g/mol. The first-order valence-electron chi connectivity index (χ1n) is 5.67. The summed E-state index contributed by atoms with van der Waals surface area (Å²) in [5.74, 6) is -3.49. The molecule has 0 saturated heterocycles. The minimum Gasteiger partial charge on any atom is -0.545 e. The molecule has 0 bridgehead atoms. The molecule has 0 N–H and O–H groups in total. The van der Waals surface area contributed by atoms with Gasteiger partial charge in [0.25, 0.3) is 0 Å². The van der Waals surface area contributed by atoms with Gasteiger partial charge in [-0.2, -0.15) is 0 Å². The van der Waals surface area contributed by atoms with E-state index >= 15 is 0 Å². The SMILES string of the molecule is O=C([O-])c1cc(OC(=O)c2cc(Br)cc(Br)c2Br)ccc1F. The van der Waals surface area contributed by atoms with Crippen LogP contribution in [-0.4, -0.2) is 11.9 Å². The van der Waals surface area contributed by atoms with Crippen LogP contribution in [0.5, 0.6) is 5.75 Å². The van der Waals surface area contributed by atoms with Gasteiger partial charge in [0.05, 0.1) is 11.5 Å². The number of carbonyl (C=O) groups excluding carboxylic acids is 2. The molecular formula is C14H5Br3FO4-. The number of esters is 1. The van der Waals surface area contributed by atoms with Crippen LogP contribution in [-0.2, 0) is 0 Å². The molecule has 0 aromatic heterocycles. The van der Waals surface area contributed by atoms with E-state index in [9.17, 15) is 19.1 Å². The highest BCUT2D eigenvalue weighted by atomic mass is 79.9. The van der Waals surface area contributed by atoms with Gasteiger partial charge in [-0.15, -0.1) is 0 Å². The zero-order chi connectivity index (χ0) is 16.4. The van der Waals surface area contributed by atoms with Crippen LogP contribution in [0.3, 0.4) is 0 Å². The third-order valence-electron chi connectivity index (χ3n) is 2.58. The second-order valence-corrected chi connectivity index (χ2v) is 6.63.